The minimum Gasteiger partial charge on any atom is -0.345 e. The summed E-state index contributed by atoms with van der Waals surface area (Å²) >= 11 is 7.37. The van der Waals surface area contributed by atoms with Gasteiger partial charge in [0, 0.05) is 49.1 Å². The number of nitrogens with zero attached hydrogens (tertiary/aromatic N) is 2. The highest BCUT2D eigenvalue weighted by molar-refractivity contribution is 8.01. The number of nitrogens with one attached hydrogen (secondary N) is 1. The topological polar surface area (TPSA) is 69.7 Å². The number of amides is 3. The number of benzene rings is 2. The molecular formula is C22H24ClN3O3S. The maximum atomic E-state index is 12.9. The Labute approximate surface area is 185 Å². The van der Waals surface area contributed by atoms with Crippen molar-refractivity contribution in [2.24, 2.45) is 0 Å². The normalized spacial score (nSPS) is 15.2. The lowest BCUT2D eigenvalue weighted by molar-refractivity contribution is -0.133. The first-order chi connectivity index (χ1) is 14.3. The van der Waals surface area contributed by atoms with E-state index >= 15 is 0 Å². The Morgan fingerprint density at radius 1 is 1.13 bits per heavy atom. The number of carbonyl (C=O) groups excluding carboxylic acids is 3. The lowest BCUT2D eigenvalue weighted by atomic mass is 10.1. The van der Waals surface area contributed by atoms with E-state index in [0.29, 0.717) is 29.4 Å². The predicted molar refractivity (Wildman–Crippen MR) is 120 cm³/mol. The van der Waals surface area contributed by atoms with E-state index in [1.807, 2.05) is 25.1 Å². The second-order valence-electron chi connectivity index (χ2n) is 7.24. The van der Waals surface area contributed by atoms with Crippen LogP contribution in [0.3, 0.4) is 0 Å². The molecule has 1 heterocycles. The van der Waals surface area contributed by atoms with Crippen LogP contribution >= 0.6 is 23.4 Å². The molecule has 3 amide bonds. The lowest BCUT2D eigenvalue weighted by Gasteiger charge is -2.27. The van der Waals surface area contributed by atoms with E-state index < -0.39 is 5.25 Å². The van der Waals surface area contributed by atoms with Crippen molar-refractivity contribution in [3.8, 4) is 0 Å². The summed E-state index contributed by atoms with van der Waals surface area (Å²) in [6, 6.07) is 12.6. The standard InChI is InChI=1S/C22H24ClN3O3S/c1-4-26(13-14-5-7-15(8-6-14)22(29)25(2)3)20(27)12-19-21(28)24-17-11-16(23)9-10-18(17)30-19/h5-11,19H,4,12-13H2,1-3H3,(H,24,28). The van der Waals surface area contributed by atoms with E-state index in [1.54, 1.807) is 43.3 Å². The van der Waals surface area contributed by atoms with Gasteiger partial charge in [0.2, 0.25) is 11.8 Å². The zero-order valence-electron chi connectivity index (χ0n) is 17.1. The van der Waals surface area contributed by atoms with Crippen LogP contribution in [0.5, 0.6) is 0 Å². The minimum atomic E-state index is -0.486. The number of thioether (sulfide) groups is 1. The van der Waals surface area contributed by atoms with Crippen LogP contribution in [-0.4, -0.2) is 53.4 Å². The molecule has 3 rings (SSSR count). The Kier molecular flexibility index (Phi) is 7.05. The maximum absolute atomic E-state index is 12.9. The van der Waals surface area contributed by atoms with Gasteiger partial charge in [-0.25, -0.2) is 0 Å². The molecule has 0 radical (unpaired) electrons. The van der Waals surface area contributed by atoms with Crippen molar-refractivity contribution in [1.29, 1.82) is 0 Å². The van der Waals surface area contributed by atoms with Crippen molar-refractivity contribution in [1.82, 2.24) is 9.80 Å². The van der Waals surface area contributed by atoms with Gasteiger partial charge in [-0.1, -0.05) is 23.7 Å². The second-order valence-corrected chi connectivity index (χ2v) is 8.93. The maximum Gasteiger partial charge on any atom is 0.253 e. The van der Waals surface area contributed by atoms with E-state index in [4.69, 9.17) is 11.6 Å². The molecule has 1 aliphatic heterocycles. The molecule has 1 N–H and O–H groups in total. The third-order valence-electron chi connectivity index (χ3n) is 4.84. The molecule has 0 spiro atoms. The summed E-state index contributed by atoms with van der Waals surface area (Å²) in [6.45, 7) is 2.87. The van der Waals surface area contributed by atoms with Crippen LogP contribution in [-0.2, 0) is 16.1 Å². The molecule has 30 heavy (non-hydrogen) atoms. The molecule has 2 aromatic rings. The molecule has 8 heteroatoms. The first kappa shape index (κ1) is 22.2. The monoisotopic (exact) mass is 445 g/mol. The summed E-state index contributed by atoms with van der Waals surface area (Å²) in [5.41, 5.74) is 2.22. The van der Waals surface area contributed by atoms with Gasteiger partial charge in [0.15, 0.2) is 0 Å². The molecule has 1 aliphatic rings. The van der Waals surface area contributed by atoms with Gasteiger partial charge in [-0.15, -0.1) is 11.8 Å². The zero-order valence-corrected chi connectivity index (χ0v) is 18.7. The molecule has 1 atom stereocenters. The summed E-state index contributed by atoms with van der Waals surface area (Å²) in [5, 5.41) is 2.91. The molecule has 1 unspecified atom stereocenters. The van der Waals surface area contributed by atoms with Crippen molar-refractivity contribution in [3.05, 3.63) is 58.6 Å². The van der Waals surface area contributed by atoms with E-state index in [1.165, 1.54) is 16.7 Å². The Balaban J connectivity index is 1.64. The van der Waals surface area contributed by atoms with Gasteiger partial charge in [-0.2, -0.15) is 0 Å². The molecule has 2 aromatic carbocycles. The largest absolute Gasteiger partial charge is 0.345 e. The molecule has 0 saturated heterocycles. The van der Waals surface area contributed by atoms with E-state index in [9.17, 15) is 14.4 Å². The van der Waals surface area contributed by atoms with Crippen LogP contribution in [0.2, 0.25) is 5.02 Å². The van der Waals surface area contributed by atoms with E-state index in [2.05, 4.69) is 5.32 Å². The van der Waals surface area contributed by atoms with Crippen molar-refractivity contribution in [2.45, 2.75) is 30.0 Å². The van der Waals surface area contributed by atoms with Crippen LogP contribution in [0.1, 0.15) is 29.3 Å². The predicted octanol–water partition coefficient (Wildman–Crippen LogP) is 3.89. The fourth-order valence-corrected chi connectivity index (χ4v) is 4.41. The average Bonchev–Trinajstić information content (AvgIpc) is 2.72. The summed E-state index contributed by atoms with van der Waals surface area (Å²) < 4.78 is 0. The van der Waals surface area contributed by atoms with Gasteiger partial charge in [0.05, 0.1) is 10.9 Å². The van der Waals surface area contributed by atoms with E-state index in [-0.39, 0.29) is 24.1 Å². The smallest absolute Gasteiger partial charge is 0.253 e. The summed E-state index contributed by atoms with van der Waals surface area (Å²) in [7, 11) is 3.42. The first-order valence-electron chi connectivity index (χ1n) is 9.64. The van der Waals surface area contributed by atoms with Crippen LogP contribution < -0.4 is 5.32 Å². The van der Waals surface area contributed by atoms with Gasteiger partial charge in [0.1, 0.15) is 0 Å². The summed E-state index contributed by atoms with van der Waals surface area (Å²) in [5.74, 6) is -0.339. The number of hydrogen-bond donors (Lipinski definition) is 1. The Bertz CT molecular complexity index is 963. The first-order valence-corrected chi connectivity index (χ1v) is 10.9. The quantitative estimate of drug-likeness (QED) is 0.732. The highest BCUT2D eigenvalue weighted by Gasteiger charge is 2.30. The Morgan fingerprint density at radius 3 is 2.47 bits per heavy atom. The number of fused-ring (bicyclic) bond motifs is 1. The molecule has 0 bridgehead atoms. The summed E-state index contributed by atoms with van der Waals surface area (Å²) in [6.07, 6.45) is 0.115. The van der Waals surface area contributed by atoms with Gasteiger partial charge in [-0.3, -0.25) is 14.4 Å². The Morgan fingerprint density at radius 2 is 1.83 bits per heavy atom. The van der Waals surface area contributed by atoms with Gasteiger partial charge < -0.3 is 15.1 Å². The molecule has 158 valence electrons. The van der Waals surface area contributed by atoms with Gasteiger partial charge >= 0.3 is 0 Å². The molecule has 6 nitrogen and oxygen atoms in total. The molecule has 0 aromatic heterocycles. The fourth-order valence-electron chi connectivity index (χ4n) is 3.15. The number of rotatable bonds is 6. The molecule has 0 saturated carbocycles. The number of anilines is 1. The van der Waals surface area contributed by atoms with Crippen LogP contribution in [0.25, 0.3) is 0 Å². The third-order valence-corrected chi connectivity index (χ3v) is 6.35. The van der Waals surface area contributed by atoms with Gasteiger partial charge in [0.25, 0.3) is 5.91 Å². The van der Waals surface area contributed by atoms with Crippen molar-refractivity contribution in [2.75, 3.05) is 26.0 Å². The second kappa shape index (κ2) is 9.53. The van der Waals surface area contributed by atoms with Crippen LogP contribution in [0.4, 0.5) is 5.69 Å². The molecular weight excluding hydrogens is 422 g/mol. The third kappa shape index (κ3) is 5.15. The highest BCUT2D eigenvalue weighted by atomic mass is 35.5. The number of halogens is 1. The van der Waals surface area contributed by atoms with Crippen LogP contribution in [0, 0.1) is 0 Å². The van der Waals surface area contributed by atoms with Crippen molar-refractivity contribution >= 4 is 46.8 Å². The van der Waals surface area contributed by atoms with Gasteiger partial charge in [-0.05, 0) is 42.8 Å². The lowest BCUT2D eigenvalue weighted by Crippen LogP contribution is -2.37. The molecule has 0 aliphatic carbocycles. The highest BCUT2D eigenvalue weighted by Crippen LogP contribution is 2.38. The zero-order chi connectivity index (χ0) is 21.8. The number of carbonyl (C=O) groups is 3. The number of hydrogen-bond acceptors (Lipinski definition) is 4. The van der Waals surface area contributed by atoms with E-state index in [0.717, 1.165) is 10.5 Å². The molecule has 0 fully saturated rings. The fraction of sp³-hybridized carbons (Fsp3) is 0.318. The van der Waals surface area contributed by atoms with Crippen molar-refractivity contribution < 1.29 is 14.4 Å². The average molecular weight is 446 g/mol. The minimum absolute atomic E-state index is 0.0631. The Hall–Kier alpha value is -2.51. The van der Waals surface area contributed by atoms with Crippen LogP contribution in [0.15, 0.2) is 47.4 Å². The SMILES string of the molecule is CCN(Cc1ccc(C(=O)N(C)C)cc1)C(=O)CC1Sc2ccc(Cl)cc2NC1=O. The van der Waals surface area contributed by atoms with Crippen molar-refractivity contribution in [3.63, 3.8) is 0 Å². The summed E-state index contributed by atoms with van der Waals surface area (Å²) in [4.78, 5) is 41.5.